The van der Waals surface area contributed by atoms with Crippen LogP contribution in [0.3, 0.4) is 0 Å². The molecule has 5 aromatic carbocycles. The van der Waals surface area contributed by atoms with Gasteiger partial charge in [0.05, 0.1) is 190 Å². The van der Waals surface area contributed by atoms with E-state index in [0.29, 0.717) is 198 Å². The van der Waals surface area contributed by atoms with Gasteiger partial charge in [0.15, 0.2) is 0 Å². The molecule has 38 nitrogen and oxygen atoms in total. The first-order chi connectivity index (χ1) is 55.8. The Morgan fingerprint density at radius 2 is 0.579 bits per heavy atom. The molecule has 0 fully saturated rings. The lowest BCUT2D eigenvalue weighted by atomic mass is 10.2. The predicted molar refractivity (Wildman–Crippen MR) is 420 cm³/mol. The zero-order valence-corrected chi connectivity index (χ0v) is 65.9. The van der Waals surface area contributed by atoms with Crippen molar-refractivity contribution in [1.29, 1.82) is 0 Å². The Balaban J connectivity index is 0.00000139. The molecule has 114 heavy (non-hydrogen) atoms. The Hall–Kier alpha value is -8.97. The third-order valence-electron chi connectivity index (χ3n) is 13.0. The van der Waals surface area contributed by atoms with Gasteiger partial charge in [-0.1, -0.05) is 149 Å². The number of benzene rings is 5. The number of azide groups is 2. The standard InChI is InChI=1S/C21H27NO7S.C14H20N4O4.C14H22N2O4.C14H21NO5.C6H13N3O3.C6H15NO3/c1-18-7-9-20(10-8-18)30(24,25)29-16-15-27-14-13-26-12-11-22-21(23)28-17-19-5-3-2-4-6-19;15-18-17-7-9-21-11-10-20-8-6-16-14(19)22-12-13-4-2-1-3-5-13;15-6-8-18-10-11-19-9-7-16-14(17)20-12-13-4-2-1-3-5-13;16-7-9-19-11-10-18-8-6-15-14(17)20-12-13-4-2-1-3-5-13;7-9-8-1-3-11-5-6-12-4-2-10;7-1-3-9-5-6-10-4-2-8/h2-10H,11-17H2,1H3,(H,22,23);1-5H,6-12H2,(H,16,19);1-5H,6-12,15H2,(H,16,17);1-5,16H,6-12H2,(H,15,17);10H,1-6H2;8H,1-7H2. The molecule has 5 aromatic rings. The highest BCUT2D eigenvalue weighted by Gasteiger charge is 2.15. The maximum Gasteiger partial charge on any atom is 0.407 e. The Morgan fingerprint density at radius 3 is 0.833 bits per heavy atom. The van der Waals surface area contributed by atoms with Crippen LogP contribution in [0.5, 0.6) is 0 Å². The quantitative estimate of drug-likeness (QED) is 0.00534. The summed E-state index contributed by atoms with van der Waals surface area (Å²) in [5.74, 6) is 0. The van der Waals surface area contributed by atoms with Crippen molar-refractivity contribution in [3.8, 4) is 0 Å². The number of nitrogens with zero attached hydrogens (tertiary/aromatic N) is 6. The lowest BCUT2D eigenvalue weighted by Crippen LogP contribution is -2.28. The molecule has 0 radical (unpaired) electrons. The zero-order valence-electron chi connectivity index (χ0n) is 65.1. The largest absolute Gasteiger partial charge is 0.445 e. The second-order valence-electron chi connectivity index (χ2n) is 22.0. The lowest BCUT2D eigenvalue weighted by molar-refractivity contribution is 0.0337. The molecule has 39 heteroatoms. The highest BCUT2D eigenvalue weighted by Crippen LogP contribution is 2.13. The molecule has 0 saturated heterocycles. The number of carbonyl (C=O) groups is 4. The van der Waals surface area contributed by atoms with E-state index in [2.05, 4.69) is 41.3 Å². The molecular weight excluding hydrogens is 1520 g/mol. The van der Waals surface area contributed by atoms with Crippen molar-refractivity contribution >= 4 is 34.5 Å². The molecule has 0 unspecified atom stereocenters. The number of aliphatic hydroxyl groups excluding tert-OH is 3. The number of carbonyl (C=O) groups excluding carboxylic acids is 4. The Labute approximate surface area is 667 Å². The van der Waals surface area contributed by atoms with Gasteiger partial charge in [-0.2, -0.15) is 8.42 Å². The first-order valence-electron chi connectivity index (χ1n) is 36.7. The molecule has 0 saturated carbocycles. The summed E-state index contributed by atoms with van der Waals surface area (Å²) in [6.45, 7) is 15.9. The molecule has 4 amide bonds. The Morgan fingerprint density at radius 1 is 0.342 bits per heavy atom. The summed E-state index contributed by atoms with van der Waals surface area (Å²) in [6, 6.07) is 44.3. The Kier molecular flexibility index (Phi) is 75.6. The first-order valence-corrected chi connectivity index (χ1v) is 38.1. The highest BCUT2D eigenvalue weighted by molar-refractivity contribution is 7.86. The maximum absolute atomic E-state index is 12.0. The second-order valence-corrected chi connectivity index (χ2v) is 23.7. The van der Waals surface area contributed by atoms with Gasteiger partial charge in [0, 0.05) is 62.2 Å². The van der Waals surface area contributed by atoms with E-state index in [1.807, 2.05) is 128 Å². The monoisotopic (exact) mass is 1630 g/mol. The van der Waals surface area contributed by atoms with Crippen LogP contribution < -0.4 is 32.7 Å². The molecule has 0 bridgehead atoms. The fourth-order valence-electron chi connectivity index (χ4n) is 7.57. The topological polar surface area (TPSA) is 518 Å². The summed E-state index contributed by atoms with van der Waals surface area (Å²) in [5.41, 5.74) is 31.1. The summed E-state index contributed by atoms with van der Waals surface area (Å²) in [5, 5.41) is 42.1. The zero-order chi connectivity index (χ0) is 83.2. The number of hydrogen-bond donors (Lipinski definition) is 9. The van der Waals surface area contributed by atoms with E-state index < -0.39 is 34.5 Å². The van der Waals surface area contributed by atoms with Gasteiger partial charge >= 0.3 is 24.4 Å². The van der Waals surface area contributed by atoms with Crippen LogP contribution in [0.2, 0.25) is 0 Å². The van der Waals surface area contributed by atoms with E-state index in [9.17, 15) is 27.6 Å². The number of aliphatic hydroxyl groups is 3. The minimum absolute atomic E-state index is 0.00874. The van der Waals surface area contributed by atoms with Crippen LogP contribution in [-0.2, 0) is 117 Å². The fourth-order valence-corrected chi connectivity index (χ4v) is 8.46. The smallest absolute Gasteiger partial charge is 0.407 e. The molecule has 0 aliphatic rings. The van der Waals surface area contributed by atoms with Crippen LogP contribution >= 0.6 is 0 Å². The van der Waals surface area contributed by atoms with Crippen molar-refractivity contribution in [2.24, 2.45) is 21.7 Å². The van der Waals surface area contributed by atoms with Crippen LogP contribution in [0, 0.1) is 6.92 Å². The van der Waals surface area contributed by atoms with Crippen LogP contribution in [0.1, 0.15) is 27.8 Å². The summed E-state index contributed by atoms with van der Waals surface area (Å²) >= 11 is 0. The number of amides is 4. The average Bonchev–Trinajstić information content (AvgIpc) is 0.848. The van der Waals surface area contributed by atoms with E-state index >= 15 is 0 Å². The second kappa shape index (κ2) is 82.0. The number of aryl methyl sites for hydroxylation is 1. The van der Waals surface area contributed by atoms with E-state index in [-0.39, 0.29) is 71.0 Å². The molecule has 5 rings (SSSR count). The molecule has 0 aliphatic carbocycles. The number of alkyl carbamates (subject to hydrolysis) is 4. The van der Waals surface area contributed by atoms with Crippen molar-refractivity contribution < 1.29 is 123 Å². The summed E-state index contributed by atoms with van der Waals surface area (Å²) in [7, 11) is -3.78. The molecule has 0 aliphatic heterocycles. The van der Waals surface area contributed by atoms with E-state index in [0.717, 1.165) is 27.8 Å². The van der Waals surface area contributed by atoms with E-state index in [1.165, 1.54) is 12.1 Å². The SMILES string of the molecule is Cc1ccc(S(=O)(=O)OCCOCCOCCNC(=O)OCc2ccccc2)cc1.NCCOCCOCCNC(=O)OCc1ccccc1.NCCOCCOCCO.O=C(NCCOCCOCCO)OCc1ccccc1.[N-]=[N+]=NCCOCCOCCNC(=O)OCc1ccccc1.[N-]=[N+]=NCCOCCOCCO. The number of ether oxygens (including phenoxy) is 16. The number of hydrogen-bond acceptors (Lipinski definition) is 30. The van der Waals surface area contributed by atoms with E-state index in [4.69, 9.17) is 118 Å². The average molecular weight is 1640 g/mol. The molecule has 0 atom stereocenters. The van der Waals surface area contributed by atoms with Gasteiger partial charge in [-0.25, -0.2) is 19.2 Å². The molecule has 0 spiro atoms. The van der Waals surface area contributed by atoms with Crippen molar-refractivity contribution in [3.63, 3.8) is 0 Å². The number of nitrogens with two attached hydrogens (primary N) is 2. The van der Waals surface area contributed by atoms with Gasteiger partial charge in [-0.15, -0.1) is 0 Å². The van der Waals surface area contributed by atoms with Gasteiger partial charge in [-0.05, 0) is 52.4 Å². The van der Waals surface area contributed by atoms with Crippen LogP contribution in [0.4, 0.5) is 19.2 Å². The highest BCUT2D eigenvalue weighted by atomic mass is 32.2. The van der Waals surface area contributed by atoms with Crippen LogP contribution in [-0.4, -0.2) is 285 Å². The number of rotatable bonds is 59. The minimum Gasteiger partial charge on any atom is -0.445 e. The predicted octanol–water partition coefficient (Wildman–Crippen LogP) is 6.05. The van der Waals surface area contributed by atoms with Crippen molar-refractivity contribution in [1.82, 2.24) is 21.3 Å². The van der Waals surface area contributed by atoms with E-state index in [1.54, 1.807) is 12.1 Å². The van der Waals surface area contributed by atoms with Gasteiger partial charge in [0.25, 0.3) is 10.1 Å². The third-order valence-corrected chi connectivity index (χ3v) is 14.3. The first kappa shape index (κ1) is 105. The maximum atomic E-state index is 12.0. The summed E-state index contributed by atoms with van der Waals surface area (Å²) in [4.78, 5) is 50.9. The molecule has 640 valence electrons. The van der Waals surface area contributed by atoms with Gasteiger partial charge in [0.2, 0.25) is 0 Å². The van der Waals surface area contributed by atoms with Crippen LogP contribution in [0.15, 0.2) is 161 Å². The Bertz CT molecular complexity index is 3150. The van der Waals surface area contributed by atoms with Gasteiger partial charge in [-0.3, -0.25) is 4.18 Å². The molecular formula is C75H118N12O26S. The van der Waals surface area contributed by atoms with Gasteiger partial charge < -0.3 is 124 Å². The molecule has 0 aromatic heterocycles. The summed E-state index contributed by atoms with van der Waals surface area (Å²) < 4.78 is 111. The minimum atomic E-state index is -3.78. The van der Waals surface area contributed by atoms with Crippen LogP contribution in [0.25, 0.3) is 20.9 Å². The van der Waals surface area contributed by atoms with Gasteiger partial charge in [0.1, 0.15) is 26.4 Å². The third kappa shape index (κ3) is 73.2. The fraction of sp³-hybridized carbons (Fsp3) is 0.547. The molecule has 0 heterocycles. The number of nitrogens with one attached hydrogen (secondary N) is 4. The lowest BCUT2D eigenvalue weighted by Gasteiger charge is -2.09. The molecule has 11 N–H and O–H groups in total. The summed E-state index contributed by atoms with van der Waals surface area (Å²) in [6.07, 6.45) is -1.89. The van der Waals surface area contributed by atoms with Crippen molar-refractivity contribution in [3.05, 3.63) is 194 Å². The van der Waals surface area contributed by atoms with Crippen molar-refractivity contribution in [2.45, 2.75) is 38.2 Å². The van der Waals surface area contributed by atoms with Crippen molar-refractivity contribution in [2.75, 3.05) is 237 Å². The normalized spacial score (nSPS) is 10.3.